The fourth-order valence-corrected chi connectivity index (χ4v) is 3.61. The molecule has 0 N–H and O–H groups in total. The summed E-state index contributed by atoms with van der Waals surface area (Å²) in [6.45, 7) is 9.05. The summed E-state index contributed by atoms with van der Waals surface area (Å²) >= 11 is 8.41. The van der Waals surface area contributed by atoms with Gasteiger partial charge in [0.15, 0.2) is 0 Å². The highest BCUT2D eigenvalue weighted by atomic mass is 35.5. The molecular formula is C17H29ClS. The molecule has 0 aliphatic rings. The van der Waals surface area contributed by atoms with Crippen molar-refractivity contribution in [1.82, 2.24) is 0 Å². The summed E-state index contributed by atoms with van der Waals surface area (Å²) in [5.41, 5.74) is 0.250. The number of halogens is 1. The maximum absolute atomic E-state index is 6.52. The normalized spacial score (nSPS) is 13.7. The van der Waals surface area contributed by atoms with E-state index in [1.165, 1.54) is 48.3 Å². The first-order valence-electron chi connectivity index (χ1n) is 7.69. The van der Waals surface area contributed by atoms with Crippen molar-refractivity contribution in [2.24, 2.45) is 0 Å². The Hall–Kier alpha value is -0.0100. The molecule has 0 fully saturated rings. The first-order valence-corrected chi connectivity index (χ1v) is 8.94. The van der Waals surface area contributed by atoms with E-state index in [4.69, 9.17) is 11.6 Å². The Morgan fingerprint density at radius 3 is 2.26 bits per heavy atom. The molecule has 0 bridgehead atoms. The fourth-order valence-electron chi connectivity index (χ4n) is 2.17. The van der Waals surface area contributed by atoms with Crippen LogP contribution in [0.4, 0.5) is 0 Å². The second-order valence-electron chi connectivity index (χ2n) is 6.48. The van der Waals surface area contributed by atoms with Gasteiger partial charge in [0.2, 0.25) is 0 Å². The topological polar surface area (TPSA) is 0 Å². The Bertz CT molecular complexity index is 348. The molecule has 0 saturated heterocycles. The van der Waals surface area contributed by atoms with Crippen molar-refractivity contribution in [2.45, 2.75) is 83.4 Å². The molecule has 0 aromatic carbocycles. The lowest BCUT2D eigenvalue weighted by molar-refractivity contribution is 0.586. The molecule has 0 radical (unpaired) electrons. The lowest BCUT2D eigenvalue weighted by atomic mass is 9.95. The number of hydrogen-bond acceptors (Lipinski definition) is 1. The Labute approximate surface area is 128 Å². The van der Waals surface area contributed by atoms with Gasteiger partial charge < -0.3 is 0 Å². The molecule has 1 aromatic heterocycles. The minimum atomic E-state index is 0.215. The molecule has 0 aliphatic carbocycles. The quantitative estimate of drug-likeness (QED) is 0.355. The van der Waals surface area contributed by atoms with Gasteiger partial charge in [-0.2, -0.15) is 0 Å². The summed E-state index contributed by atoms with van der Waals surface area (Å²) in [6, 6.07) is 4.47. The van der Waals surface area contributed by atoms with Crippen molar-refractivity contribution in [2.75, 3.05) is 0 Å². The van der Waals surface area contributed by atoms with Crippen LogP contribution in [0.1, 0.15) is 87.8 Å². The number of unbranched alkanes of at least 4 members (excludes halogenated alkanes) is 5. The summed E-state index contributed by atoms with van der Waals surface area (Å²) < 4.78 is 0. The van der Waals surface area contributed by atoms with Crippen LogP contribution in [0.5, 0.6) is 0 Å². The van der Waals surface area contributed by atoms with Gasteiger partial charge in [-0.25, -0.2) is 0 Å². The van der Waals surface area contributed by atoms with Gasteiger partial charge in [-0.05, 0) is 24.0 Å². The standard InChI is InChI=1S/C17H29ClS/c1-5-6-7-8-9-10-11-14(18)15-12-13-16(19-15)17(2,3)4/h12-14H,5-11H2,1-4H3. The van der Waals surface area contributed by atoms with Gasteiger partial charge in [-0.15, -0.1) is 22.9 Å². The van der Waals surface area contributed by atoms with Crippen LogP contribution in [0.15, 0.2) is 12.1 Å². The molecular weight excluding hydrogens is 272 g/mol. The van der Waals surface area contributed by atoms with Gasteiger partial charge in [0.25, 0.3) is 0 Å². The molecule has 110 valence electrons. The van der Waals surface area contributed by atoms with Crippen molar-refractivity contribution in [3.8, 4) is 0 Å². The Balaban J connectivity index is 2.29. The van der Waals surface area contributed by atoms with Crippen molar-refractivity contribution < 1.29 is 0 Å². The average Bonchev–Trinajstić information content (AvgIpc) is 2.82. The maximum atomic E-state index is 6.52. The minimum absolute atomic E-state index is 0.215. The van der Waals surface area contributed by atoms with Gasteiger partial charge in [-0.3, -0.25) is 0 Å². The van der Waals surface area contributed by atoms with Crippen molar-refractivity contribution in [3.05, 3.63) is 21.9 Å². The van der Waals surface area contributed by atoms with E-state index in [9.17, 15) is 0 Å². The third kappa shape index (κ3) is 6.31. The lowest BCUT2D eigenvalue weighted by Crippen LogP contribution is -2.07. The van der Waals surface area contributed by atoms with E-state index in [1.54, 1.807) is 0 Å². The Morgan fingerprint density at radius 1 is 1.05 bits per heavy atom. The molecule has 1 atom stereocenters. The van der Waals surface area contributed by atoms with E-state index in [-0.39, 0.29) is 10.8 Å². The van der Waals surface area contributed by atoms with E-state index in [0.29, 0.717) is 0 Å². The van der Waals surface area contributed by atoms with Crippen LogP contribution >= 0.6 is 22.9 Å². The van der Waals surface area contributed by atoms with Crippen LogP contribution in [-0.2, 0) is 5.41 Å². The summed E-state index contributed by atoms with van der Waals surface area (Å²) in [4.78, 5) is 2.79. The molecule has 1 unspecified atom stereocenters. The van der Waals surface area contributed by atoms with E-state index in [1.807, 2.05) is 11.3 Å². The molecule has 19 heavy (non-hydrogen) atoms. The molecule has 2 heteroatoms. The van der Waals surface area contributed by atoms with E-state index in [0.717, 1.165) is 6.42 Å². The predicted molar refractivity (Wildman–Crippen MR) is 89.6 cm³/mol. The van der Waals surface area contributed by atoms with Crippen LogP contribution in [0.25, 0.3) is 0 Å². The highest BCUT2D eigenvalue weighted by Gasteiger charge is 2.18. The maximum Gasteiger partial charge on any atom is 0.0678 e. The van der Waals surface area contributed by atoms with E-state index in [2.05, 4.69) is 39.8 Å². The molecule has 0 aliphatic heterocycles. The Kier molecular flexibility index (Phi) is 7.46. The second-order valence-corrected chi connectivity index (χ2v) is 8.12. The zero-order valence-corrected chi connectivity index (χ0v) is 14.5. The smallest absolute Gasteiger partial charge is 0.0678 e. The van der Waals surface area contributed by atoms with Crippen LogP contribution < -0.4 is 0 Å². The first-order chi connectivity index (χ1) is 8.95. The van der Waals surface area contributed by atoms with Crippen molar-refractivity contribution in [3.63, 3.8) is 0 Å². The van der Waals surface area contributed by atoms with E-state index < -0.39 is 0 Å². The monoisotopic (exact) mass is 300 g/mol. The fraction of sp³-hybridized carbons (Fsp3) is 0.765. The second kappa shape index (κ2) is 8.32. The highest BCUT2D eigenvalue weighted by Crippen LogP contribution is 2.36. The summed E-state index contributed by atoms with van der Waals surface area (Å²) in [5, 5.41) is 0.215. The number of thiophene rings is 1. The molecule has 1 heterocycles. The number of hydrogen-bond donors (Lipinski definition) is 0. The molecule has 0 amide bonds. The average molecular weight is 301 g/mol. The number of alkyl halides is 1. The van der Waals surface area contributed by atoms with Crippen molar-refractivity contribution >= 4 is 22.9 Å². The van der Waals surface area contributed by atoms with Gasteiger partial charge >= 0.3 is 0 Å². The summed E-state index contributed by atoms with van der Waals surface area (Å²) in [5.74, 6) is 0. The largest absolute Gasteiger partial charge is 0.143 e. The molecule has 0 spiro atoms. The Morgan fingerprint density at radius 2 is 1.68 bits per heavy atom. The lowest BCUT2D eigenvalue weighted by Gasteiger charge is -2.15. The van der Waals surface area contributed by atoms with Crippen LogP contribution in [0, 0.1) is 0 Å². The zero-order valence-electron chi connectivity index (χ0n) is 13.0. The molecule has 1 aromatic rings. The van der Waals surface area contributed by atoms with E-state index >= 15 is 0 Å². The van der Waals surface area contributed by atoms with Crippen LogP contribution in [0.3, 0.4) is 0 Å². The van der Waals surface area contributed by atoms with Gasteiger partial charge in [0.05, 0.1) is 5.38 Å². The SMILES string of the molecule is CCCCCCCCC(Cl)c1ccc(C(C)(C)C)s1. The van der Waals surface area contributed by atoms with Crippen molar-refractivity contribution in [1.29, 1.82) is 0 Å². The van der Waals surface area contributed by atoms with Gasteiger partial charge in [0.1, 0.15) is 0 Å². The van der Waals surface area contributed by atoms with Crippen LogP contribution in [-0.4, -0.2) is 0 Å². The molecule has 0 nitrogen and oxygen atoms in total. The summed E-state index contributed by atoms with van der Waals surface area (Å²) in [6.07, 6.45) is 9.18. The van der Waals surface area contributed by atoms with Gasteiger partial charge in [-0.1, -0.05) is 66.2 Å². The zero-order chi connectivity index (χ0) is 14.3. The summed E-state index contributed by atoms with van der Waals surface area (Å²) in [7, 11) is 0. The third-order valence-corrected chi connectivity index (χ3v) is 5.69. The van der Waals surface area contributed by atoms with Gasteiger partial charge in [0, 0.05) is 9.75 Å². The number of rotatable bonds is 8. The molecule has 0 saturated carbocycles. The van der Waals surface area contributed by atoms with Crippen LogP contribution in [0.2, 0.25) is 0 Å². The minimum Gasteiger partial charge on any atom is -0.143 e. The third-order valence-electron chi connectivity index (χ3n) is 3.49. The predicted octanol–water partition coefficient (Wildman–Crippen LogP) is 7.08. The first kappa shape index (κ1) is 17.0. The molecule has 1 rings (SSSR count). The highest BCUT2D eigenvalue weighted by molar-refractivity contribution is 7.12.